The summed E-state index contributed by atoms with van der Waals surface area (Å²) in [5.41, 5.74) is 2.87. The molecule has 0 saturated carbocycles. The summed E-state index contributed by atoms with van der Waals surface area (Å²) in [6.07, 6.45) is 6.44. The Bertz CT molecular complexity index is 636. The lowest BCUT2D eigenvalue weighted by atomic mass is 9.96. The van der Waals surface area contributed by atoms with Gasteiger partial charge < -0.3 is 14.3 Å². The van der Waals surface area contributed by atoms with Gasteiger partial charge in [0.05, 0.1) is 20.6 Å². The average molecular weight is 330 g/mol. The van der Waals surface area contributed by atoms with Gasteiger partial charge in [-0.05, 0) is 36.0 Å². The zero-order valence-corrected chi connectivity index (χ0v) is 14.7. The molecule has 1 N–H and O–H groups in total. The average Bonchev–Trinajstić information content (AvgIpc) is 3.21. The van der Waals surface area contributed by atoms with Gasteiger partial charge in [0.2, 0.25) is 0 Å². The first-order chi connectivity index (χ1) is 11.5. The monoisotopic (exact) mass is 330 g/mol. The molecule has 0 aromatic heterocycles. The molecule has 24 heavy (non-hydrogen) atoms. The minimum atomic E-state index is -1.21. The molecule has 2 aliphatic rings. The summed E-state index contributed by atoms with van der Waals surface area (Å²) in [6, 6.07) is 7.96. The van der Waals surface area contributed by atoms with Crippen LogP contribution in [0.3, 0.4) is 0 Å². The lowest BCUT2D eigenvalue weighted by molar-refractivity contribution is -0.902. The number of benzene rings is 1. The second-order valence-corrected chi connectivity index (χ2v) is 7.54. The van der Waals surface area contributed by atoms with Crippen LogP contribution in [-0.4, -0.2) is 48.8 Å². The van der Waals surface area contributed by atoms with Crippen molar-refractivity contribution in [1.29, 1.82) is 0 Å². The number of carbonyl (C=O) groups is 1. The van der Waals surface area contributed by atoms with E-state index in [4.69, 9.17) is 4.74 Å². The van der Waals surface area contributed by atoms with Crippen LogP contribution in [0, 0.1) is 0 Å². The number of aliphatic hydroxyl groups excluding tert-OH is 1. The molecule has 4 nitrogen and oxygen atoms in total. The molecule has 1 unspecified atom stereocenters. The first-order valence-corrected chi connectivity index (χ1v) is 8.95. The fourth-order valence-electron chi connectivity index (χ4n) is 3.88. The third kappa shape index (κ3) is 3.55. The Labute approximate surface area is 144 Å². The molecule has 130 valence electrons. The molecule has 0 amide bonds. The summed E-state index contributed by atoms with van der Waals surface area (Å²) >= 11 is 0. The lowest BCUT2D eigenvalue weighted by Crippen LogP contribution is -2.46. The van der Waals surface area contributed by atoms with Crippen molar-refractivity contribution in [2.24, 2.45) is 0 Å². The number of likely N-dealkylation sites (tertiary alicyclic amines) is 1. The highest BCUT2D eigenvalue weighted by Crippen LogP contribution is 2.33. The standard InChI is InChI=1S/C20H28NO3/c1-21(2)13-7-10-16(21)14-24-20(23)19(22)18-12-6-5-11-17(18)15-8-3-4-9-15/h5-6,8,11-12,16,19,22H,3-4,7,9-10,13-14H2,1-2H3/q+1/t16-,19?/m0/s1. The van der Waals surface area contributed by atoms with E-state index < -0.39 is 12.1 Å². The van der Waals surface area contributed by atoms with E-state index in [1.165, 1.54) is 5.57 Å². The summed E-state index contributed by atoms with van der Waals surface area (Å²) in [6.45, 7) is 1.50. The topological polar surface area (TPSA) is 46.5 Å². The van der Waals surface area contributed by atoms with E-state index in [1.807, 2.05) is 24.3 Å². The van der Waals surface area contributed by atoms with Crippen molar-refractivity contribution in [3.05, 3.63) is 41.5 Å². The Morgan fingerprint density at radius 1 is 1.33 bits per heavy atom. The number of allylic oxidation sites excluding steroid dienone is 2. The predicted octanol–water partition coefficient (Wildman–Crippen LogP) is 3.07. The number of rotatable bonds is 5. The van der Waals surface area contributed by atoms with E-state index in [0.29, 0.717) is 18.2 Å². The maximum absolute atomic E-state index is 12.4. The van der Waals surface area contributed by atoms with E-state index >= 15 is 0 Å². The number of hydrogen-bond acceptors (Lipinski definition) is 3. The first kappa shape index (κ1) is 17.2. The highest BCUT2D eigenvalue weighted by molar-refractivity contribution is 5.80. The van der Waals surface area contributed by atoms with E-state index in [1.54, 1.807) is 0 Å². The Kier molecular flexibility index (Phi) is 5.07. The van der Waals surface area contributed by atoms with Gasteiger partial charge in [-0.3, -0.25) is 0 Å². The summed E-state index contributed by atoms with van der Waals surface area (Å²) in [7, 11) is 4.34. The maximum atomic E-state index is 12.4. The van der Waals surface area contributed by atoms with E-state index in [0.717, 1.165) is 48.7 Å². The van der Waals surface area contributed by atoms with E-state index in [2.05, 4.69) is 20.2 Å². The van der Waals surface area contributed by atoms with Crippen LogP contribution in [0.25, 0.3) is 5.57 Å². The number of carbonyl (C=O) groups excluding carboxylic acids is 1. The van der Waals surface area contributed by atoms with Gasteiger partial charge in [0.1, 0.15) is 12.6 Å². The van der Waals surface area contributed by atoms with Crippen molar-refractivity contribution in [3.63, 3.8) is 0 Å². The minimum Gasteiger partial charge on any atom is -0.457 e. The Morgan fingerprint density at radius 3 is 2.79 bits per heavy atom. The quantitative estimate of drug-likeness (QED) is 0.667. The van der Waals surface area contributed by atoms with Crippen LogP contribution < -0.4 is 0 Å². The highest BCUT2D eigenvalue weighted by atomic mass is 16.5. The fourth-order valence-corrected chi connectivity index (χ4v) is 3.88. The number of aliphatic hydroxyl groups is 1. The molecule has 0 spiro atoms. The summed E-state index contributed by atoms with van der Waals surface area (Å²) in [4.78, 5) is 12.4. The van der Waals surface area contributed by atoms with Gasteiger partial charge in [-0.2, -0.15) is 0 Å². The van der Waals surface area contributed by atoms with Gasteiger partial charge >= 0.3 is 5.97 Å². The summed E-state index contributed by atoms with van der Waals surface area (Å²) in [5, 5.41) is 10.5. The number of nitrogens with zero attached hydrogens (tertiary/aromatic N) is 1. The van der Waals surface area contributed by atoms with Crippen molar-refractivity contribution in [2.75, 3.05) is 27.2 Å². The Balaban J connectivity index is 1.68. The van der Waals surface area contributed by atoms with Crippen molar-refractivity contribution >= 4 is 11.5 Å². The third-order valence-corrected chi connectivity index (χ3v) is 5.54. The second kappa shape index (κ2) is 7.08. The van der Waals surface area contributed by atoms with Crippen LogP contribution in [0.5, 0.6) is 0 Å². The van der Waals surface area contributed by atoms with Crippen LogP contribution in [0.1, 0.15) is 49.3 Å². The summed E-state index contributed by atoms with van der Waals surface area (Å²) in [5.74, 6) is -0.534. The van der Waals surface area contributed by atoms with Crippen LogP contribution in [0.4, 0.5) is 0 Å². The second-order valence-electron chi connectivity index (χ2n) is 7.54. The lowest BCUT2D eigenvalue weighted by Gasteiger charge is -2.31. The molecule has 1 heterocycles. The van der Waals surface area contributed by atoms with Gasteiger partial charge in [0.15, 0.2) is 6.10 Å². The molecule has 1 aliphatic heterocycles. The van der Waals surface area contributed by atoms with Gasteiger partial charge in [-0.1, -0.05) is 30.3 Å². The molecular weight excluding hydrogens is 302 g/mol. The van der Waals surface area contributed by atoms with Crippen molar-refractivity contribution in [3.8, 4) is 0 Å². The Morgan fingerprint density at radius 2 is 2.12 bits per heavy atom. The molecule has 2 atom stereocenters. The predicted molar refractivity (Wildman–Crippen MR) is 94.2 cm³/mol. The largest absolute Gasteiger partial charge is 0.457 e. The third-order valence-electron chi connectivity index (χ3n) is 5.54. The number of esters is 1. The molecule has 1 aromatic rings. The van der Waals surface area contributed by atoms with Crippen LogP contribution in [0.2, 0.25) is 0 Å². The molecule has 1 fully saturated rings. The summed E-state index contributed by atoms with van der Waals surface area (Å²) < 4.78 is 6.35. The maximum Gasteiger partial charge on any atom is 0.339 e. The van der Waals surface area contributed by atoms with Crippen molar-refractivity contribution in [2.45, 2.75) is 44.2 Å². The van der Waals surface area contributed by atoms with Gasteiger partial charge in [-0.15, -0.1) is 0 Å². The normalized spacial score (nSPS) is 23.8. The Hall–Kier alpha value is -1.65. The van der Waals surface area contributed by atoms with Crippen LogP contribution in [0.15, 0.2) is 30.3 Å². The van der Waals surface area contributed by atoms with Gasteiger partial charge in [0.25, 0.3) is 0 Å². The SMILES string of the molecule is C[N+]1(C)CCC[C@H]1COC(=O)C(O)c1ccccc1C1=CCCC1. The molecule has 1 aliphatic carbocycles. The number of likely N-dealkylation sites (N-methyl/N-ethyl adjacent to an activating group) is 1. The molecule has 1 aromatic carbocycles. The fraction of sp³-hybridized carbons (Fsp3) is 0.550. The zero-order chi connectivity index (χ0) is 17.2. The van der Waals surface area contributed by atoms with E-state index in [9.17, 15) is 9.90 Å². The van der Waals surface area contributed by atoms with Crippen molar-refractivity contribution in [1.82, 2.24) is 0 Å². The number of hydrogen-bond donors (Lipinski definition) is 1. The smallest absolute Gasteiger partial charge is 0.339 e. The molecule has 0 radical (unpaired) electrons. The van der Waals surface area contributed by atoms with Gasteiger partial charge in [-0.25, -0.2) is 4.79 Å². The van der Waals surface area contributed by atoms with E-state index in [-0.39, 0.29) is 0 Å². The molecule has 0 bridgehead atoms. The highest BCUT2D eigenvalue weighted by Gasteiger charge is 2.35. The number of ether oxygens (including phenoxy) is 1. The molecule has 3 rings (SSSR count). The molecule has 4 heteroatoms. The minimum absolute atomic E-state index is 0.328. The van der Waals surface area contributed by atoms with Gasteiger partial charge in [0, 0.05) is 12.8 Å². The first-order valence-electron chi connectivity index (χ1n) is 8.95. The van der Waals surface area contributed by atoms with Crippen molar-refractivity contribution < 1.29 is 19.1 Å². The van der Waals surface area contributed by atoms with Crippen LogP contribution in [-0.2, 0) is 9.53 Å². The molecule has 1 saturated heterocycles. The van der Waals surface area contributed by atoms with Crippen LogP contribution >= 0.6 is 0 Å². The number of quaternary nitrogens is 1. The molecular formula is C20H28NO3+. The zero-order valence-electron chi connectivity index (χ0n) is 14.7.